The maximum Gasteiger partial charge on any atom is 2.00 e. The van der Waals surface area contributed by atoms with Crippen LogP contribution >= 0.6 is 0 Å². The molecule has 0 heterocycles. The van der Waals surface area contributed by atoms with Gasteiger partial charge < -0.3 is 16.9 Å². The minimum Gasteiger partial charge on any atom is -0.508 e. The predicted molar refractivity (Wildman–Crippen MR) is 143 cm³/mol. The number of rotatable bonds is 6. The van der Waals surface area contributed by atoms with Crippen LogP contribution < -0.4 is 9.47 Å². The first-order valence-electron chi connectivity index (χ1n) is 11.1. The smallest absolute Gasteiger partial charge is 0.508 e. The van der Waals surface area contributed by atoms with Crippen LogP contribution in [-0.4, -0.2) is 0 Å². The Morgan fingerprint density at radius 3 is 1.14 bits per heavy atom. The number of aryl methyl sites for hydroxylation is 1. The van der Waals surface area contributed by atoms with E-state index in [4.69, 9.17) is 9.47 Å². The Morgan fingerprint density at radius 1 is 0.486 bits per heavy atom. The van der Waals surface area contributed by atoms with E-state index in [0.717, 1.165) is 29.4 Å². The summed E-state index contributed by atoms with van der Waals surface area (Å²) in [4.78, 5) is 0. The van der Waals surface area contributed by atoms with Crippen LogP contribution in [0.15, 0.2) is 121 Å². The third-order valence-corrected chi connectivity index (χ3v) is 4.99. The van der Waals surface area contributed by atoms with E-state index in [-0.39, 0.29) is 57.1 Å². The first kappa shape index (κ1) is 32.4. The molecule has 0 saturated carbocycles. The van der Waals surface area contributed by atoms with Crippen LogP contribution in [0.5, 0.6) is 23.0 Å². The molecule has 0 aliphatic heterocycles. The summed E-state index contributed by atoms with van der Waals surface area (Å²) in [5, 5.41) is 0. The Balaban J connectivity index is 0.000000374. The molecule has 181 valence electrons. The molecule has 5 rings (SSSR count). The fourth-order valence-corrected chi connectivity index (χ4v) is 3.21. The largest absolute Gasteiger partial charge is 2.00 e. The Bertz CT molecular complexity index is 1210. The van der Waals surface area contributed by atoms with Crippen LogP contribution in [0, 0.1) is 63.7 Å². The molecule has 4 heteroatoms. The molecule has 0 bridgehead atoms. The predicted octanol–water partition coefficient (Wildman–Crippen LogP) is 8.71. The van der Waals surface area contributed by atoms with Gasteiger partial charge in [0.2, 0.25) is 0 Å². The average Bonchev–Trinajstić information content (AvgIpc) is 2.89. The van der Waals surface area contributed by atoms with Crippen LogP contribution in [0.25, 0.3) is 0 Å². The minimum atomic E-state index is 0. The van der Waals surface area contributed by atoms with Crippen LogP contribution in [0.3, 0.4) is 0 Å². The van der Waals surface area contributed by atoms with E-state index in [0.29, 0.717) is 0 Å². The molecule has 0 unspecified atom stereocenters. The van der Waals surface area contributed by atoms with Gasteiger partial charge in [0, 0.05) is 17.2 Å². The van der Waals surface area contributed by atoms with E-state index in [1.54, 1.807) is 0 Å². The minimum absolute atomic E-state index is 0. The second kappa shape index (κ2) is 17.7. The van der Waals surface area contributed by atoms with E-state index >= 15 is 0 Å². The van der Waals surface area contributed by atoms with Gasteiger partial charge in [-0.1, -0.05) is 42.0 Å². The van der Waals surface area contributed by atoms with Crippen LogP contribution in [0.4, 0.5) is 0 Å². The molecule has 2 nitrogen and oxygen atoms in total. The molecule has 0 amide bonds. The molecule has 0 fully saturated rings. The summed E-state index contributed by atoms with van der Waals surface area (Å²) in [6.45, 7) is 2.11. The molecule has 37 heavy (non-hydrogen) atoms. The SMILES string of the molecule is Cc1ccc(Cc2ccc(Oc3cc[c-]cc3)cc2)cc1.[CH3-].[U+2].[V+2].[c-]1ccc(Oc2cc[c-]cc2)cc1. The number of ether oxygens (including phenoxy) is 2. The third-order valence-electron chi connectivity index (χ3n) is 4.99. The van der Waals surface area contributed by atoms with E-state index in [1.165, 1.54) is 16.7 Å². The fraction of sp³-hybridized carbons (Fsp3) is 0.0606. The molecule has 0 atom stereocenters. The Labute approximate surface area is 257 Å². The van der Waals surface area contributed by atoms with E-state index in [9.17, 15) is 0 Å². The van der Waals surface area contributed by atoms with E-state index in [1.807, 2.05) is 84.9 Å². The number of hydrogen-bond donors (Lipinski definition) is 0. The Kier molecular flexibility index (Phi) is 15.5. The van der Waals surface area contributed by atoms with Crippen LogP contribution in [0.1, 0.15) is 16.7 Å². The third kappa shape index (κ3) is 11.5. The number of benzene rings is 5. The summed E-state index contributed by atoms with van der Waals surface area (Å²) in [5.74, 6) is 3.34. The van der Waals surface area contributed by atoms with Crippen molar-refractivity contribution in [3.63, 3.8) is 0 Å². The summed E-state index contributed by atoms with van der Waals surface area (Å²) >= 11 is 0. The molecule has 0 spiro atoms. The van der Waals surface area contributed by atoms with Gasteiger partial charge in [-0.05, 0) is 36.6 Å². The molecular weight excluding hydrogens is 717 g/mol. The van der Waals surface area contributed by atoms with E-state index in [2.05, 4.69) is 61.5 Å². The van der Waals surface area contributed by atoms with Crippen molar-refractivity contribution in [2.24, 2.45) is 0 Å². The van der Waals surface area contributed by atoms with Crippen molar-refractivity contribution in [1.29, 1.82) is 0 Å². The van der Waals surface area contributed by atoms with Crippen molar-refractivity contribution in [3.8, 4) is 23.0 Å². The fourth-order valence-electron chi connectivity index (χ4n) is 3.21. The molecule has 1 radical (unpaired) electrons. The van der Waals surface area contributed by atoms with Crippen molar-refractivity contribution < 1.29 is 59.1 Å². The zero-order chi connectivity index (χ0) is 23.4. The topological polar surface area (TPSA) is 18.5 Å². The van der Waals surface area contributed by atoms with Gasteiger partial charge in [-0.2, -0.15) is 54.6 Å². The summed E-state index contributed by atoms with van der Waals surface area (Å²) in [6, 6.07) is 48.1. The zero-order valence-corrected chi connectivity index (χ0v) is 26.6. The molecular formula is C33H28O2UV. The van der Waals surface area contributed by atoms with Crippen LogP contribution in [0.2, 0.25) is 0 Å². The summed E-state index contributed by atoms with van der Waals surface area (Å²) in [6.07, 6.45) is 0.945. The van der Waals surface area contributed by atoms with Gasteiger partial charge >= 0.3 is 49.7 Å². The molecule has 0 aromatic heterocycles. The molecule has 0 aliphatic rings. The van der Waals surface area contributed by atoms with Gasteiger partial charge in [0.05, 0.1) is 0 Å². The van der Waals surface area contributed by atoms with Gasteiger partial charge in [-0.25, -0.2) is 0 Å². The van der Waals surface area contributed by atoms with Crippen LogP contribution in [-0.2, 0) is 25.0 Å². The molecule has 0 N–H and O–H groups in total. The second-order valence-electron chi connectivity index (χ2n) is 7.72. The monoisotopic (exact) mass is 745 g/mol. The maximum atomic E-state index is 5.78. The Hall–Kier alpha value is -2.66. The van der Waals surface area contributed by atoms with Gasteiger partial charge in [-0.15, -0.1) is 36.4 Å². The van der Waals surface area contributed by atoms with E-state index < -0.39 is 0 Å². The average molecular weight is 746 g/mol. The van der Waals surface area contributed by atoms with Crippen molar-refractivity contribution >= 4 is 0 Å². The van der Waals surface area contributed by atoms with Gasteiger partial charge in [0.25, 0.3) is 0 Å². The maximum absolute atomic E-state index is 5.78. The summed E-state index contributed by atoms with van der Waals surface area (Å²) < 4.78 is 11.3. The van der Waals surface area contributed by atoms with Crippen molar-refractivity contribution in [1.82, 2.24) is 0 Å². The van der Waals surface area contributed by atoms with Gasteiger partial charge in [0.15, 0.2) is 0 Å². The molecule has 0 aliphatic carbocycles. The normalized spacial score (nSPS) is 9.22. The standard InChI is InChI=1S/C20H17O.C12H8O.CH3.U.V/c1-16-7-9-17(10-8-16)15-18-11-13-20(14-12-18)21-19-5-3-2-4-6-19;1-3-7-11(8-4-1)13-12-9-5-2-6-10-12;;;/h3-14H,15H2,1H3;3-10H;1H3;;/q-1;-2;-1;2*+2. The summed E-state index contributed by atoms with van der Waals surface area (Å²) in [5.41, 5.74) is 3.91. The van der Waals surface area contributed by atoms with Crippen molar-refractivity contribution in [2.45, 2.75) is 13.3 Å². The van der Waals surface area contributed by atoms with Gasteiger partial charge in [-0.3, -0.25) is 0 Å². The first-order valence-corrected chi connectivity index (χ1v) is 11.1. The number of hydrogen-bond acceptors (Lipinski definition) is 2. The van der Waals surface area contributed by atoms with Crippen molar-refractivity contribution in [3.05, 3.63) is 164 Å². The second-order valence-corrected chi connectivity index (χ2v) is 7.72. The van der Waals surface area contributed by atoms with Gasteiger partial charge in [0.1, 0.15) is 5.75 Å². The van der Waals surface area contributed by atoms with Crippen molar-refractivity contribution in [2.75, 3.05) is 0 Å². The molecule has 0 saturated heterocycles. The molecule has 5 aromatic rings. The first-order chi connectivity index (χ1) is 16.7. The Morgan fingerprint density at radius 2 is 0.784 bits per heavy atom. The molecule has 5 aromatic carbocycles. The zero-order valence-electron chi connectivity index (χ0n) is 21.0. The summed E-state index contributed by atoms with van der Waals surface area (Å²) in [7, 11) is 0. The quantitative estimate of drug-likeness (QED) is 0.162.